The molecule has 2 N–H and O–H groups in total. The number of aromatic nitrogens is 2. The normalized spacial score (nSPS) is 12.7. The van der Waals surface area contributed by atoms with Crippen LogP contribution < -0.4 is 5.32 Å². The summed E-state index contributed by atoms with van der Waals surface area (Å²) in [6, 6.07) is 0.482. The van der Waals surface area contributed by atoms with Gasteiger partial charge in [0.1, 0.15) is 0 Å². The van der Waals surface area contributed by atoms with Crippen molar-refractivity contribution in [2.45, 2.75) is 52.0 Å². The molecule has 1 aromatic rings. The number of hydrogen-bond acceptors (Lipinski definition) is 4. The molecule has 1 heterocycles. The van der Waals surface area contributed by atoms with Gasteiger partial charge in [0, 0.05) is 6.04 Å². The zero-order valence-corrected chi connectivity index (χ0v) is 11.0. The van der Waals surface area contributed by atoms with Gasteiger partial charge >= 0.3 is 0 Å². The van der Waals surface area contributed by atoms with Crippen LogP contribution in [0.3, 0.4) is 0 Å². The van der Waals surface area contributed by atoms with E-state index in [2.05, 4.69) is 29.4 Å². The summed E-state index contributed by atoms with van der Waals surface area (Å²) in [5.41, 5.74) is 0. The van der Waals surface area contributed by atoms with E-state index in [0.29, 0.717) is 6.04 Å². The predicted octanol–water partition coefficient (Wildman–Crippen LogP) is 3.97. The maximum absolute atomic E-state index is 4.97. The Kier molecular flexibility index (Phi) is 5.86. The molecule has 0 saturated carbocycles. The van der Waals surface area contributed by atoms with E-state index in [1.165, 1.54) is 43.4 Å². The van der Waals surface area contributed by atoms with E-state index in [1.54, 1.807) is 0 Å². The van der Waals surface area contributed by atoms with Gasteiger partial charge in [0.05, 0.1) is 0 Å². The minimum absolute atomic E-state index is 0.482. The fourth-order valence-corrected chi connectivity index (χ4v) is 2.35. The Hall–Kier alpha value is -0.420. The summed E-state index contributed by atoms with van der Waals surface area (Å²) in [5.74, 6) is 0. The number of H-pyrrole nitrogens is 1. The fourth-order valence-electron chi connectivity index (χ4n) is 1.45. The molecule has 1 atom stereocenters. The third-order valence-electron chi connectivity index (χ3n) is 2.30. The van der Waals surface area contributed by atoms with Crippen LogP contribution in [0.15, 0.2) is 0 Å². The third-order valence-corrected chi connectivity index (χ3v) is 3.32. The maximum Gasteiger partial charge on any atom is 0.204 e. The summed E-state index contributed by atoms with van der Waals surface area (Å²) in [7, 11) is 0. The van der Waals surface area contributed by atoms with Crippen molar-refractivity contribution in [1.29, 1.82) is 0 Å². The Morgan fingerprint density at radius 2 is 2.27 bits per heavy atom. The number of nitrogens with one attached hydrogen (secondary N) is 2. The molecule has 0 aliphatic heterocycles. The molecule has 0 radical (unpaired) electrons. The van der Waals surface area contributed by atoms with E-state index in [9.17, 15) is 0 Å². The molecule has 0 saturated heterocycles. The first-order valence-electron chi connectivity index (χ1n) is 5.54. The Bertz CT molecular complexity index is 318. The minimum atomic E-state index is 0.482. The van der Waals surface area contributed by atoms with Crippen molar-refractivity contribution in [3.63, 3.8) is 0 Å². The lowest BCUT2D eigenvalue weighted by atomic mass is 10.1. The van der Waals surface area contributed by atoms with E-state index >= 15 is 0 Å². The topological polar surface area (TPSA) is 40.7 Å². The number of anilines is 1. The first-order valence-corrected chi connectivity index (χ1v) is 6.77. The molecule has 3 nitrogen and oxygen atoms in total. The van der Waals surface area contributed by atoms with Gasteiger partial charge < -0.3 is 5.32 Å². The molecule has 0 aromatic carbocycles. The Morgan fingerprint density at radius 1 is 1.47 bits per heavy atom. The summed E-state index contributed by atoms with van der Waals surface area (Å²) in [6.45, 7) is 4.43. The van der Waals surface area contributed by atoms with E-state index < -0.39 is 0 Å². The van der Waals surface area contributed by atoms with Gasteiger partial charge in [-0.1, -0.05) is 43.9 Å². The van der Waals surface area contributed by atoms with E-state index in [-0.39, 0.29) is 0 Å². The zero-order valence-electron chi connectivity index (χ0n) is 9.38. The molecule has 15 heavy (non-hydrogen) atoms. The quantitative estimate of drug-likeness (QED) is 0.564. The van der Waals surface area contributed by atoms with Gasteiger partial charge in [0.2, 0.25) is 5.13 Å². The molecular formula is C10H19N3S2. The first-order chi connectivity index (χ1) is 7.22. The SMILES string of the molecule is CCCCCCC(C)Nc1n[nH]c(=S)s1. The first kappa shape index (κ1) is 12.6. The number of aromatic amines is 1. The van der Waals surface area contributed by atoms with Crippen molar-refractivity contribution in [3.8, 4) is 0 Å². The second-order valence-electron chi connectivity index (χ2n) is 3.81. The zero-order chi connectivity index (χ0) is 11.1. The molecule has 0 aliphatic rings. The lowest BCUT2D eigenvalue weighted by molar-refractivity contribution is 0.593. The monoisotopic (exact) mass is 245 g/mol. The highest BCUT2D eigenvalue weighted by molar-refractivity contribution is 7.73. The Balaban J connectivity index is 2.18. The molecule has 5 heteroatoms. The van der Waals surface area contributed by atoms with Crippen LogP contribution in [0.25, 0.3) is 0 Å². The lowest BCUT2D eigenvalue weighted by Crippen LogP contribution is -2.14. The molecular weight excluding hydrogens is 226 g/mol. The van der Waals surface area contributed by atoms with Crippen molar-refractivity contribution in [2.75, 3.05) is 5.32 Å². The average Bonchev–Trinajstić information content (AvgIpc) is 2.59. The second-order valence-corrected chi connectivity index (χ2v) is 5.48. The average molecular weight is 245 g/mol. The van der Waals surface area contributed by atoms with Crippen LogP contribution in [0.4, 0.5) is 5.13 Å². The molecule has 1 aromatic heterocycles. The van der Waals surface area contributed by atoms with Crippen LogP contribution in [0, 0.1) is 3.95 Å². The smallest absolute Gasteiger partial charge is 0.204 e. The van der Waals surface area contributed by atoms with Crippen LogP contribution in [0.1, 0.15) is 46.0 Å². The number of hydrogen-bond donors (Lipinski definition) is 2. The van der Waals surface area contributed by atoms with E-state index in [4.69, 9.17) is 12.2 Å². The third kappa shape index (κ3) is 5.28. The predicted molar refractivity (Wildman–Crippen MR) is 69.1 cm³/mol. The van der Waals surface area contributed by atoms with Crippen molar-refractivity contribution in [2.24, 2.45) is 0 Å². The van der Waals surface area contributed by atoms with Crippen LogP contribution in [-0.2, 0) is 0 Å². The standard InChI is InChI=1S/C10H19N3S2/c1-3-4-5-6-7-8(2)11-9-12-13-10(14)15-9/h8H,3-7H2,1-2H3,(H,11,12)(H,13,14). The molecule has 1 unspecified atom stereocenters. The van der Waals surface area contributed by atoms with Crippen molar-refractivity contribution in [1.82, 2.24) is 10.2 Å². The summed E-state index contributed by atoms with van der Waals surface area (Å²) in [4.78, 5) is 0. The molecule has 0 aliphatic carbocycles. The van der Waals surface area contributed by atoms with Gasteiger partial charge in [0.25, 0.3) is 0 Å². The number of unbranched alkanes of at least 4 members (excludes halogenated alkanes) is 3. The van der Waals surface area contributed by atoms with Gasteiger partial charge in [-0.2, -0.15) is 0 Å². The number of rotatable bonds is 7. The molecule has 0 fully saturated rings. The van der Waals surface area contributed by atoms with Crippen molar-refractivity contribution in [3.05, 3.63) is 3.95 Å². The maximum atomic E-state index is 4.97. The molecule has 0 spiro atoms. The highest BCUT2D eigenvalue weighted by Gasteiger charge is 2.03. The van der Waals surface area contributed by atoms with Crippen LogP contribution in [0.2, 0.25) is 0 Å². The van der Waals surface area contributed by atoms with E-state index in [0.717, 1.165) is 9.09 Å². The van der Waals surface area contributed by atoms with Crippen LogP contribution >= 0.6 is 23.6 Å². The van der Waals surface area contributed by atoms with E-state index in [1.807, 2.05) is 0 Å². The van der Waals surface area contributed by atoms with Gasteiger partial charge in [-0.25, -0.2) is 0 Å². The molecule has 1 rings (SSSR count). The Morgan fingerprint density at radius 3 is 2.87 bits per heavy atom. The highest BCUT2D eigenvalue weighted by Crippen LogP contribution is 2.14. The second kappa shape index (κ2) is 6.95. The summed E-state index contributed by atoms with van der Waals surface area (Å²) < 4.78 is 0.732. The molecule has 86 valence electrons. The van der Waals surface area contributed by atoms with Crippen LogP contribution in [-0.4, -0.2) is 16.2 Å². The Labute approximate surface area is 100 Å². The van der Waals surface area contributed by atoms with Gasteiger partial charge in [-0.3, -0.25) is 5.10 Å². The van der Waals surface area contributed by atoms with Crippen molar-refractivity contribution >= 4 is 28.7 Å². The van der Waals surface area contributed by atoms with Gasteiger partial charge in [-0.05, 0) is 25.6 Å². The summed E-state index contributed by atoms with van der Waals surface area (Å²) in [6.07, 6.45) is 6.46. The largest absolute Gasteiger partial charge is 0.358 e. The summed E-state index contributed by atoms with van der Waals surface area (Å²) >= 11 is 6.46. The van der Waals surface area contributed by atoms with Gasteiger partial charge in [-0.15, -0.1) is 5.10 Å². The highest BCUT2D eigenvalue weighted by atomic mass is 32.1. The van der Waals surface area contributed by atoms with Crippen molar-refractivity contribution < 1.29 is 0 Å². The molecule has 0 amide bonds. The lowest BCUT2D eigenvalue weighted by Gasteiger charge is -2.11. The molecule has 0 bridgehead atoms. The van der Waals surface area contributed by atoms with Gasteiger partial charge in [0.15, 0.2) is 3.95 Å². The summed E-state index contributed by atoms with van der Waals surface area (Å²) in [5, 5.41) is 11.1. The van der Waals surface area contributed by atoms with Crippen LogP contribution in [0.5, 0.6) is 0 Å². The number of nitrogens with zero attached hydrogens (tertiary/aromatic N) is 1. The minimum Gasteiger partial charge on any atom is -0.358 e. The fraction of sp³-hybridized carbons (Fsp3) is 0.800.